The van der Waals surface area contributed by atoms with Gasteiger partial charge in [0.1, 0.15) is 17.3 Å². The molecule has 0 saturated carbocycles. The first-order valence-corrected chi connectivity index (χ1v) is 7.91. The summed E-state index contributed by atoms with van der Waals surface area (Å²) in [5.41, 5.74) is 0.586. The Hall–Kier alpha value is -2.76. The van der Waals surface area contributed by atoms with Gasteiger partial charge in [0, 0.05) is 32.3 Å². The lowest BCUT2D eigenvalue weighted by atomic mass is 10.2. The third-order valence-corrected chi connectivity index (χ3v) is 4.12. The average molecular weight is 328 g/mol. The zero-order chi connectivity index (χ0) is 17.1. The van der Waals surface area contributed by atoms with Gasteiger partial charge in [-0.3, -0.25) is 9.59 Å². The Bertz CT molecular complexity index is 764. The smallest absolute Gasteiger partial charge is 0.257 e. The maximum atomic E-state index is 12.4. The zero-order valence-electron chi connectivity index (χ0n) is 13.8. The molecule has 3 rings (SSSR count). The number of furan rings is 2. The lowest BCUT2D eigenvalue weighted by Gasteiger charge is -2.34. The van der Waals surface area contributed by atoms with E-state index in [9.17, 15) is 9.59 Å². The van der Waals surface area contributed by atoms with Crippen LogP contribution in [0.15, 0.2) is 39.4 Å². The highest BCUT2D eigenvalue weighted by Gasteiger charge is 2.25. The second-order valence-corrected chi connectivity index (χ2v) is 5.79. The molecule has 0 atom stereocenters. The van der Waals surface area contributed by atoms with Crippen LogP contribution in [0, 0.1) is 13.8 Å². The van der Waals surface area contributed by atoms with Crippen LogP contribution >= 0.6 is 0 Å². The molecular formula is C18H20N2O4. The summed E-state index contributed by atoms with van der Waals surface area (Å²) in [6, 6.07) is 5.36. The topological polar surface area (TPSA) is 66.9 Å². The van der Waals surface area contributed by atoms with Gasteiger partial charge >= 0.3 is 0 Å². The molecule has 0 radical (unpaired) electrons. The van der Waals surface area contributed by atoms with Crippen LogP contribution in [-0.4, -0.2) is 47.8 Å². The number of nitrogens with zero attached hydrogens (tertiary/aromatic N) is 2. The summed E-state index contributed by atoms with van der Waals surface area (Å²) in [6.07, 6.45) is 4.70. The molecule has 0 unspecified atom stereocenters. The Morgan fingerprint density at radius 1 is 1.04 bits per heavy atom. The Morgan fingerprint density at radius 3 is 2.33 bits per heavy atom. The van der Waals surface area contributed by atoms with Crippen molar-refractivity contribution in [2.45, 2.75) is 13.8 Å². The summed E-state index contributed by atoms with van der Waals surface area (Å²) in [5, 5.41) is 0. The fourth-order valence-electron chi connectivity index (χ4n) is 2.71. The van der Waals surface area contributed by atoms with Crippen molar-refractivity contribution in [1.82, 2.24) is 9.80 Å². The highest BCUT2D eigenvalue weighted by atomic mass is 16.3. The van der Waals surface area contributed by atoms with Crippen molar-refractivity contribution < 1.29 is 18.4 Å². The minimum atomic E-state index is -0.0735. The standard InChI is InChI=1S/C18H20N2O4/c1-13-3-4-15(24-13)5-6-17(21)19-8-10-20(11-9-19)18(22)16-7-12-23-14(16)2/h3-7,12H,8-11H2,1-2H3/b6-5-. The van der Waals surface area contributed by atoms with Gasteiger partial charge in [0.05, 0.1) is 11.8 Å². The number of aryl methyl sites for hydroxylation is 2. The maximum Gasteiger partial charge on any atom is 0.257 e. The first kappa shape index (κ1) is 16.1. The van der Waals surface area contributed by atoms with Gasteiger partial charge in [-0.05, 0) is 38.1 Å². The molecule has 0 bridgehead atoms. The Labute approximate surface area is 140 Å². The van der Waals surface area contributed by atoms with E-state index in [0.29, 0.717) is 43.3 Å². The molecule has 0 N–H and O–H groups in total. The molecule has 2 aromatic heterocycles. The largest absolute Gasteiger partial charge is 0.469 e. The molecule has 6 nitrogen and oxygen atoms in total. The lowest BCUT2D eigenvalue weighted by Crippen LogP contribution is -2.50. The molecule has 1 fully saturated rings. The summed E-state index contributed by atoms with van der Waals surface area (Å²) in [6.45, 7) is 5.70. The van der Waals surface area contributed by atoms with Crippen molar-refractivity contribution >= 4 is 17.9 Å². The molecule has 126 valence electrons. The van der Waals surface area contributed by atoms with E-state index >= 15 is 0 Å². The van der Waals surface area contributed by atoms with Crippen molar-refractivity contribution in [3.8, 4) is 0 Å². The Balaban J connectivity index is 1.55. The van der Waals surface area contributed by atoms with E-state index in [1.165, 1.54) is 12.3 Å². The SMILES string of the molecule is Cc1ccc(/C=C\C(=O)N2CCN(C(=O)c3ccoc3C)CC2)o1. The Morgan fingerprint density at radius 2 is 1.75 bits per heavy atom. The van der Waals surface area contributed by atoms with Crippen LogP contribution in [-0.2, 0) is 4.79 Å². The van der Waals surface area contributed by atoms with E-state index in [0.717, 1.165) is 5.76 Å². The lowest BCUT2D eigenvalue weighted by molar-refractivity contribution is -0.127. The van der Waals surface area contributed by atoms with Crippen molar-refractivity contribution in [3.63, 3.8) is 0 Å². The molecule has 6 heteroatoms. The minimum absolute atomic E-state index is 0.0463. The van der Waals surface area contributed by atoms with Gasteiger partial charge in [-0.25, -0.2) is 0 Å². The summed E-state index contributed by atoms with van der Waals surface area (Å²) in [4.78, 5) is 28.1. The van der Waals surface area contributed by atoms with Gasteiger partial charge in [0.25, 0.3) is 5.91 Å². The van der Waals surface area contributed by atoms with Crippen molar-refractivity contribution in [2.75, 3.05) is 26.2 Å². The highest BCUT2D eigenvalue weighted by molar-refractivity contribution is 5.95. The van der Waals surface area contributed by atoms with E-state index in [2.05, 4.69) is 0 Å². The van der Waals surface area contributed by atoms with E-state index < -0.39 is 0 Å². The normalized spacial score (nSPS) is 15.2. The van der Waals surface area contributed by atoms with Crippen molar-refractivity contribution in [3.05, 3.63) is 53.4 Å². The van der Waals surface area contributed by atoms with Crippen LogP contribution in [0.2, 0.25) is 0 Å². The molecule has 1 saturated heterocycles. The molecule has 0 spiro atoms. The molecular weight excluding hydrogens is 308 g/mol. The number of amides is 2. The molecule has 1 aliphatic heterocycles. The second kappa shape index (κ2) is 6.78. The molecule has 2 aromatic rings. The van der Waals surface area contributed by atoms with Crippen molar-refractivity contribution in [1.29, 1.82) is 0 Å². The minimum Gasteiger partial charge on any atom is -0.469 e. The van der Waals surface area contributed by atoms with Crippen LogP contribution < -0.4 is 0 Å². The molecule has 1 aliphatic rings. The molecule has 24 heavy (non-hydrogen) atoms. The summed E-state index contributed by atoms with van der Waals surface area (Å²) in [5.74, 6) is 1.97. The predicted molar refractivity (Wildman–Crippen MR) is 88.4 cm³/mol. The average Bonchev–Trinajstić information content (AvgIpc) is 3.20. The van der Waals surface area contributed by atoms with Gasteiger partial charge in [0.2, 0.25) is 5.91 Å². The first-order valence-electron chi connectivity index (χ1n) is 7.91. The van der Waals surface area contributed by atoms with Gasteiger partial charge in [-0.2, -0.15) is 0 Å². The molecule has 0 aromatic carbocycles. The van der Waals surface area contributed by atoms with Crippen LogP contribution in [0.4, 0.5) is 0 Å². The summed E-state index contributed by atoms with van der Waals surface area (Å²) < 4.78 is 10.6. The molecule has 0 aliphatic carbocycles. The van der Waals surface area contributed by atoms with E-state index in [1.807, 2.05) is 19.1 Å². The molecule has 3 heterocycles. The van der Waals surface area contributed by atoms with Crippen LogP contribution in [0.25, 0.3) is 6.08 Å². The van der Waals surface area contributed by atoms with Gasteiger partial charge in [-0.1, -0.05) is 0 Å². The Kier molecular flexibility index (Phi) is 4.55. The van der Waals surface area contributed by atoms with Crippen molar-refractivity contribution in [2.24, 2.45) is 0 Å². The van der Waals surface area contributed by atoms with Gasteiger partial charge in [-0.15, -0.1) is 0 Å². The highest BCUT2D eigenvalue weighted by Crippen LogP contribution is 2.14. The number of carbonyl (C=O) groups excluding carboxylic acids is 2. The fraction of sp³-hybridized carbons (Fsp3) is 0.333. The van der Waals surface area contributed by atoms with Crippen LogP contribution in [0.5, 0.6) is 0 Å². The third kappa shape index (κ3) is 3.42. The zero-order valence-corrected chi connectivity index (χ0v) is 13.8. The predicted octanol–water partition coefficient (Wildman–Crippen LogP) is 2.49. The number of hydrogen-bond donors (Lipinski definition) is 0. The van der Waals surface area contributed by atoms with Crippen LogP contribution in [0.1, 0.15) is 27.6 Å². The van der Waals surface area contributed by atoms with E-state index in [-0.39, 0.29) is 11.8 Å². The summed E-state index contributed by atoms with van der Waals surface area (Å²) in [7, 11) is 0. The number of carbonyl (C=O) groups is 2. The second-order valence-electron chi connectivity index (χ2n) is 5.79. The first-order chi connectivity index (χ1) is 11.5. The third-order valence-electron chi connectivity index (χ3n) is 4.12. The van der Waals surface area contributed by atoms with E-state index in [1.54, 1.807) is 28.9 Å². The fourth-order valence-corrected chi connectivity index (χ4v) is 2.71. The number of piperazine rings is 1. The molecule has 2 amide bonds. The monoisotopic (exact) mass is 328 g/mol. The number of hydrogen-bond acceptors (Lipinski definition) is 4. The van der Waals surface area contributed by atoms with E-state index in [4.69, 9.17) is 8.83 Å². The quantitative estimate of drug-likeness (QED) is 0.812. The maximum absolute atomic E-state index is 12.4. The van der Waals surface area contributed by atoms with Gasteiger partial charge < -0.3 is 18.6 Å². The summed E-state index contributed by atoms with van der Waals surface area (Å²) >= 11 is 0. The van der Waals surface area contributed by atoms with Gasteiger partial charge in [0.15, 0.2) is 0 Å². The van der Waals surface area contributed by atoms with Crippen LogP contribution in [0.3, 0.4) is 0 Å². The number of rotatable bonds is 3.